The van der Waals surface area contributed by atoms with Crippen LogP contribution in [0.5, 0.6) is 0 Å². The van der Waals surface area contributed by atoms with Crippen molar-refractivity contribution in [2.24, 2.45) is 23.0 Å². The average molecular weight is 223 g/mol. The summed E-state index contributed by atoms with van der Waals surface area (Å²) in [7, 11) is 0. The van der Waals surface area contributed by atoms with Crippen molar-refractivity contribution < 1.29 is 9.47 Å². The van der Waals surface area contributed by atoms with Crippen LogP contribution in [0.25, 0.3) is 0 Å². The van der Waals surface area contributed by atoms with E-state index in [-0.39, 0.29) is 6.29 Å². The maximum Gasteiger partial charge on any atom is 0.155 e. The summed E-state index contributed by atoms with van der Waals surface area (Å²) in [5.74, 6) is 1.65. The van der Waals surface area contributed by atoms with Gasteiger partial charge in [-0.1, -0.05) is 0 Å². The zero-order valence-electron chi connectivity index (χ0n) is 9.89. The highest BCUT2D eigenvalue weighted by Crippen LogP contribution is 2.63. The van der Waals surface area contributed by atoms with Gasteiger partial charge in [0.25, 0.3) is 0 Å². The van der Waals surface area contributed by atoms with E-state index in [1.807, 2.05) is 6.92 Å². The quantitative estimate of drug-likeness (QED) is 0.679. The summed E-state index contributed by atoms with van der Waals surface area (Å²) >= 11 is 0. The Morgan fingerprint density at radius 3 is 2.38 bits per heavy atom. The van der Waals surface area contributed by atoms with E-state index in [0.717, 1.165) is 24.7 Å². The summed E-state index contributed by atoms with van der Waals surface area (Å²) in [6, 6.07) is 0.416. The van der Waals surface area contributed by atoms with Crippen LogP contribution in [-0.2, 0) is 9.47 Å². The van der Waals surface area contributed by atoms with Gasteiger partial charge < -0.3 is 15.2 Å². The van der Waals surface area contributed by atoms with Crippen LogP contribution in [-0.4, -0.2) is 24.5 Å². The Hall–Kier alpha value is -0.120. The van der Waals surface area contributed by atoms with Crippen LogP contribution < -0.4 is 5.73 Å². The summed E-state index contributed by atoms with van der Waals surface area (Å²) in [5.41, 5.74) is 6.86. The van der Waals surface area contributed by atoms with Gasteiger partial charge >= 0.3 is 0 Å². The van der Waals surface area contributed by atoms with E-state index in [1.54, 1.807) is 0 Å². The van der Waals surface area contributed by atoms with Crippen molar-refractivity contribution in [1.82, 2.24) is 0 Å². The molecule has 2 bridgehead atoms. The standard InChI is InChI=1S/C13H21NO2/c1-7-15-10-5-13(6-11(10)16-7)9-3-2-8(4-9)12(13)14/h7-12H,2-6,14H2,1H3/t7?,8-,9+,10+,11+,12+,13?/m0/s1. The lowest BCUT2D eigenvalue weighted by atomic mass is 9.68. The molecule has 2 N–H and O–H groups in total. The van der Waals surface area contributed by atoms with Crippen molar-refractivity contribution in [3.63, 3.8) is 0 Å². The molecule has 4 fully saturated rings. The molecule has 16 heavy (non-hydrogen) atoms. The maximum atomic E-state index is 6.49. The lowest BCUT2D eigenvalue weighted by molar-refractivity contribution is -0.0774. The molecule has 1 heterocycles. The Morgan fingerprint density at radius 1 is 1.12 bits per heavy atom. The molecule has 1 aliphatic heterocycles. The van der Waals surface area contributed by atoms with E-state index >= 15 is 0 Å². The summed E-state index contributed by atoms with van der Waals surface area (Å²) in [6.45, 7) is 2.01. The lowest BCUT2D eigenvalue weighted by Gasteiger charge is -2.39. The first-order valence-corrected chi connectivity index (χ1v) is 6.75. The van der Waals surface area contributed by atoms with Gasteiger partial charge in [-0.3, -0.25) is 0 Å². The smallest absolute Gasteiger partial charge is 0.155 e. The van der Waals surface area contributed by atoms with Gasteiger partial charge in [0, 0.05) is 6.04 Å². The molecular formula is C13H21NO2. The lowest BCUT2D eigenvalue weighted by Crippen LogP contribution is -2.45. The number of rotatable bonds is 0. The fourth-order valence-corrected chi connectivity index (χ4v) is 5.10. The Balaban J connectivity index is 1.62. The molecule has 1 saturated heterocycles. The molecular weight excluding hydrogens is 202 g/mol. The first kappa shape index (κ1) is 9.86. The fourth-order valence-electron chi connectivity index (χ4n) is 5.10. The van der Waals surface area contributed by atoms with E-state index in [9.17, 15) is 0 Å². The molecule has 90 valence electrons. The first-order valence-electron chi connectivity index (χ1n) is 6.75. The van der Waals surface area contributed by atoms with Gasteiger partial charge in [0.15, 0.2) is 6.29 Å². The summed E-state index contributed by atoms with van der Waals surface area (Å²) in [6.07, 6.45) is 7.11. The second-order valence-corrected chi connectivity index (χ2v) is 6.35. The van der Waals surface area contributed by atoms with Gasteiger partial charge in [-0.2, -0.15) is 0 Å². The van der Waals surface area contributed by atoms with Gasteiger partial charge in [-0.25, -0.2) is 0 Å². The molecule has 1 spiro atoms. The summed E-state index contributed by atoms with van der Waals surface area (Å²) in [4.78, 5) is 0. The molecule has 3 heteroatoms. The molecule has 4 aliphatic rings. The van der Waals surface area contributed by atoms with Gasteiger partial charge in [0.2, 0.25) is 0 Å². The highest BCUT2D eigenvalue weighted by molar-refractivity contribution is 5.14. The number of nitrogens with two attached hydrogens (primary N) is 1. The van der Waals surface area contributed by atoms with E-state index in [4.69, 9.17) is 15.2 Å². The SMILES string of the molecule is CC1O[C@@H]2CC3(C[C@H]2O1)[C@@H]1CC[C@@H](C1)[C@H]3N. The number of hydrogen-bond acceptors (Lipinski definition) is 3. The second kappa shape index (κ2) is 3.01. The highest BCUT2D eigenvalue weighted by atomic mass is 16.7. The van der Waals surface area contributed by atoms with E-state index < -0.39 is 0 Å². The topological polar surface area (TPSA) is 44.5 Å². The minimum Gasteiger partial charge on any atom is -0.347 e. The minimum absolute atomic E-state index is 0.00200. The van der Waals surface area contributed by atoms with Crippen LogP contribution in [0.1, 0.15) is 39.0 Å². The third-order valence-corrected chi connectivity index (χ3v) is 5.77. The van der Waals surface area contributed by atoms with Crippen molar-refractivity contribution in [2.75, 3.05) is 0 Å². The number of ether oxygens (including phenoxy) is 2. The van der Waals surface area contributed by atoms with Crippen molar-refractivity contribution in [2.45, 2.75) is 63.6 Å². The van der Waals surface area contributed by atoms with E-state index in [1.165, 1.54) is 19.3 Å². The molecule has 0 unspecified atom stereocenters. The van der Waals surface area contributed by atoms with Crippen LogP contribution >= 0.6 is 0 Å². The van der Waals surface area contributed by atoms with Crippen molar-refractivity contribution in [1.29, 1.82) is 0 Å². The van der Waals surface area contributed by atoms with Crippen LogP contribution in [0.4, 0.5) is 0 Å². The predicted molar refractivity (Wildman–Crippen MR) is 59.7 cm³/mol. The summed E-state index contributed by atoms with van der Waals surface area (Å²) < 4.78 is 11.7. The van der Waals surface area contributed by atoms with Crippen LogP contribution in [0, 0.1) is 17.3 Å². The largest absolute Gasteiger partial charge is 0.347 e. The first-order chi connectivity index (χ1) is 7.69. The highest BCUT2D eigenvalue weighted by Gasteiger charge is 2.63. The van der Waals surface area contributed by atoms with Crippen molar-refractivity contribution in [3.05, 3.63) is 0 Å². The Labute approximate surface area is 96.7 Å². The molecule has 0 aromatic rings. The van der Waals surface area contributed by atoms with Crippen LogP contribution in [0.15, 0.2) is 0 Å². The predicted octanol–water partition coefficient (Wildman–Crippen LogP) is 1.65. The zero-order valence-corrected chi connectivity index (χ0v) is 9.89. The van der Waals surface area contributed by atoms with Crippen molar-refractivity contribution >= 4 is 0 Å². The molecule has 0 radical (unpaired) electrons. The third-order valence-electron chi connectivity index (χ3n) is 5.77. The van der Waals surface area contributed by atoms with Crippen LogP contribution in [0.2, 0.25) is 0 Å². The average Bonchev–Trinajstić information content (AvgIpc) is 2.89. The Morgan fingerprint density at radius 2 is 1.81 bits per heavy atom. The maximum absolute atomic E-state index is 6.49. The molecule has 0 aromatic carbocycles. The molecule has 3 nitrogen and oxygen atoms in total. The van der Waals surface area contributed by atoms with Crippen molar-refractivity contribution in [3.8, 4) is 0 Å². The third kappa shape index (κ3) is 1.05. The van der Waals surface area contributed by atoms with E-state index in [0.29, 0.717) is 23.7 Å². The van der Waals surface area contributed by atoms with Gasteiger partial charge in [0.1, 0.15) is 0 Å². The number of fused-ring (bicyclic) bond motifs is 4. The van der Waals surface area contributed by atoms with Gasteiger partial charge in [-0.05, 0) is 56.3 Å². The summed E-state index contributed by atoms with van der Waals surface area (Å²) in [5, 5.41) is 0. The van der Waals surface area contributed by atoms with Crippen LogP contribution in [0.3, 0.4) is 0 Å². The second-order valence-electron chi connectivity index (χ2n) is 6.35. The zero-order chi connectivity index (χ0) is 10.9. The Bertz CT molecular complexity index is 301. The number of hydrogen-bond donors (Lipinski definition) is 1. The molecule has 5 atom stereocenters. The molecule has 4 rings (SSSR count). The monoisotopic (exact) mass is 223 g/mol. The fraction of sp³-hybridized carbons (Fsp3) is 1.00. The van der Waals surface area contributed by atoms with Gasteiger partial charge in [-0.15, -0.1) is 0 Å². The van der Waals surface area contributed by atoms with Gasteiger partial charge in [0.05, 0.1) is 12.2 Å². The minimum atomic E-state index is 0.00200. The van der Waals surface area contributed by atoms with E-state index in [2.05, 4.69) is 0 Å². The molecule has 0 aromatic heterocycles. The molecule has 3 saturated carbocycles. The molecule has 3 aliphatic carbocycles. The Kier molecular flexibility index (Phi) is 1.85. The molecule has 0 amide bonds. The normalized spacial score (nSPS) is 54.0.